The van der Waals surface area contributed by atoms with E-state index in [1.165, 1.54) is 0 Å². The zero-order chi connectivity index (χ0) is 13.7. The van der Waals surface area contributed by atoms with Gasteiger partial charge in [0.15, 0.2) is 0 Å². The minimum Gasteiger partial charge on any atom is -0.317 e. The minimum absolute atomic E-state index is 0.0896. The predicted molar refractivity (Wildman–Crippen MR) is 74.5 cm³/mol. The number of imide groups is 1. The average molecular weight is 270 g/mol. The molecule has 4 rings (SSSR count). The molecule has 2 heterocycles. The number of rotatable bonds is 1. The third-order valence-electron chi connectivity index (χ3n) is 5.36. The summed E-state index contributed by atoms with van der Waals surface area (Å²) >= 11 is 0. The molecule has 1 saturated heterocycles. The van der Waals surface area contributed by atoms with Crippen LogP contribution in [0.15, 0.2) is 24.3 Å². The quantitative estimate of drug-likeness (QED) is 0.792. The maximum Gasteiger partial charge on any atom is 0.261 e. The van der Waals surface area contributed by atoms with Crippen LogP contribution in [0.1, 0.15) is 46.4 Å². The Kier molecular flexibility index (Phi) is 2.51. The van der Waals surface area contributed by atoms with Crippen LogP contribution in [-0.4, -0.2) is 35.8 Å². The van der Waals surface area contributed by atoms with E-state index in [9.17, 15) is 9.59 Å². The number of hydrogen-bond donors (Lipinski definition) is 1. The van der Waals surface area contributed by atoms with Gasteiger partial charge in [-0.3, -0.25) is 14.5 Å². The molecule has 3 aliphatic rings. The molecule has 0 radical (unpaired) electrons. The van der Waals surface area contributed by atoms with Crippen LogP contribution < -0.4 is 5.32 Å². The van der Waals surface area contributed by atoms with Gasteiger partial charge >= 0.3 is 0 Å². The van der Waals surface area contributed by atoms with Gasteiger partial charge in [0.1, 0.15) is 0 Å². The van der Waals surface area contributed by atoms with Crippen molar-refractivity contribution in [2.75, 3.05) is 13.1 Å². The summed E-state index contributed by atoms with van der Waals surface area (Å²) in [6.07, 6.45) is 4.26. The number of piperidine rings is 1. The van der Waals surface area contributed by atoms with Gasteiger partial charge in [-0.2, -0.15) is 0 Å². The van der Waals surface area contributed by atoms with E-state index in [2.05, 4.69) is 5.32 Å². The van der Waals surface area contributed by atoms with Crippen LogP contribution in [0, 0.1) is 5.41 Å². The van der Waals surface area contributed by atoms with Gasteiger partial charge in [-0.1, -0.05) is 12.1 Å². The summed E-state index contributed by atoms with van der Waals surface area (Å²) in [4.78, 5) is 26.7. The molecule has 2 amide bonds. The van der Waals surface area contributed by atoms with Gasteiger partial charge in [0.25, 0.3) is 11.8 Å². The lowest BCUT2D eigenvalue weighted by Crippen LogP contribution is -2.60. The first-order chi connectivity index (χ1) is 9.73. The Morgan fingerprint density at radius 2 is 1.60 bits per heavy atom. The molecular formula is C16H18N2O2. The van der Waals surface area contributed by atoms with Crippen LogP contribution in [-0.2, 0) is 0 Å². The van der Waals surface area contributed by atoms with Crippen molar-refractivity contribution >= 4 is 11.8 Å². The molecule has 2 aliphatic heterocycles. The van der Waals surface area contributed by atoms with Crippen LogP contribution in [0.25, 0.3) is 0 Å². The topological polar surface area (TPSA) is 49.4 Å². The summed E-state index contributed by atoms with van der Waals surface area (Å²) in [6, 6.07) is 7.30. The molecule has 4 heteroatoms. The van der Waals surface area contributed by atoms with Crippen molar-refractivity contribution in [2.45, 2.75) is 31.7 Å². The van der Waals surface area contributed by atoms with Gasteiger partial charge in [-0.15, -0.1) is 0 Å². The first-order valence-corrected chi connectivity index (χ1v) is 7.41. The van der Waals surface area contributed by atoms with E-state index >= 15 is 0 Å². The standard InChI is InChI=1S/C16H18N2O2/c19-14-11-3-1-2-4-12(11)15(20)18(14)13-5-6-16(13)7-9-17-10-8-16/h1-4,13,17H,5-10H2. The summed E-state index contributed by atoms with van der Waals surface area (Å²) in [6.45, 7) is 2.00. The van der Waals surface area contributed by atoms with Crippen molar-refractivity contribution in [1.82, 2.24) is 10.2 Å². The third-order valence-corrected chi connectivity index (χ3v) is 5.36. The molecule has 2 fully saturated rings. The van der Waals surface area contributed by atoms with Crippen molar-refractivity contribution < 1.29 is 9.59 Å². The van der Waals surface area contributed by atoms with Crippen molar-refractivity contribution in [3.63, 3.8) is 0 Å². The van der Waals surface area contributed by atoms with E-state index in [1.54, 1.807) is 17.0 Å². The lowest BCUT2D eigenvalue weighted by Gasteiger charge is -2.54. The number of fused-ring (bicyclic) bond motifs is 1. The molecule has 4 nitrogen and oxygen atoms in total. The lowest BCUT2D eigenvalue weighted by atomic mass is 9.59. The summed E-state index contributed by atoms with van der Waals surface area (Å²) in [5.74, 6) is -0.179. The fourth-order valence-corrected chi connectivity index (χ4v) is 4.08. The maximum absolute atomic E-state index is 12.6. The Bertz CT molecular complexity index is 555. The van der Waals surface area contributed by atoms with E-state index < -0.39 is 0 Å². The highest BCUT2D eigenvalue weighted by molar-refractivity contribution is 6.21. The molecule has 0 aromatic heterocycles. The molecule has 1 aromatic carbocycles. The molecule has 104 valence electrons. The molecule has 1 aromatic rings. The molecule has 1 spiro atoms. The number of carbonyl (C=O) groups is 2. The SMILES string of the molecule is O=C1c2ccccc2C(=O)N1C1CCC12CCNCC2. The zero-order valence-electron chi connectivity index (χ0n) is 11.4. The number of amides is 2. The Labute approximate surface area is 118 Å². The summed E-state index contributed by atoms with van der Waals surface area (Å²) < 4.78 is 0. The highest BCUT2D eigenvalue weighted by Crippen LogP contribution is 2.51. The Morgan fingerprint density at radius 3 is 2.10 bits per heavy atom. The molecule has 1 unspecified atom stereocenters. The molecular weight excluding hydrogens is 252 g/mol. The van der Waals surface area contributed by atoms with Gasteiger partial charge in [0.05, 0.1) is 11.1 Å². The fraction of sp³-hybridized carbons (Fsp3) is 0.500. The van der Waals surface area contributed by atoms with E-state index in [-0.39, 0.29) is 23.3 Å². The molecule has 1 aliphatic carbocycles. The van der Waals surface area contributed by atoms with Crippen molar-refractivity contribution in [1.29, 1.82) is 0 Å². The maximum atomic E-state index is 12.6. The number of benzene rings is 1. The number of hydrogen-bond acceptors (Lipinski definition) is 3. The Morgan fingerprint density at radius 1 is 1.00 bits per heavy atom. The van der Waals surface area contributed by atoms with Crippen molar-refractivity contribution in [3.8, 4) is 0 Å². The molecule has 0 bridgehead atoms. The second-order valence-corrected chi connectivity index (χ2v) is 6.19. The average Bonchev–Trinajstić information content (AvgIpc) is 2.73. The molecule has 1 saturated carbocycles. The van der Waals surface area contributed by atoms with Crippen LogP contribution in [0.5, 0.6) is 0 Å². The number of nitrogens with one attached hydrogen (secondary N) is 1. The van der Waals surface area contributed by atoms with Gasteiger partial charge in [-0.05, 0) is 56.3 Å². The second-order valence-electron chi connectivity index (χ2n) is 6.19. The van der Waals surface area contributed by atoms with E-state index in [1.807, 2.05) is 12.1 Å². The largest absolute Gasteiger partial charge is 0.317 e. The zero-order valence-corrected chi connectivity index (χ0v) is 11.4. The van der Waals surface area contributed by atoms with Crippen molar-refractivity contribution in [3.05, 3.63) is 35.4 Å². The highest BCUT2D eigenvalue weighted by atomic mass is 16.2. The van der Waals surface area contributed by atoms with Crippen LogP contribution in [0.4, 0.5) is 0 Å². The fourth-order valence-electron chi connectivity index (χ4n) is 4.08. The summed E-state index contributed by atoms with van der Waals surface area (Å²) in [7, 11) is 0. The number of carbonyl (C=O) groups excluding carboxylic acids is 2. The number of nitrogens with zero attached hydrogens (tertiary/aromatic N) is 1. The van der Waals surface area contributed by atoms with Gasteiger partial charge in [0.2, 0.25) is 0 Å². The normalized spacial score (nSPS) is 27.6. The third kappa shape index (κ3) is 1.45. The van der Waals surface area contributed by atoms with Crippen LogP contribution in [0.2, 0.25) is 0 Å². The lowest BCUT2D eigenvalue weighted by molar-refractivity contribution is -0.0259. The molecule has 1 atom stereocenters. The van der Waals surface area contributed by atoms with Crippen LogP contribution >= 0.6 is 0 Å². The summed E-state index contributed by atoms with van der Waals surface area (Å²) in [5.41, 5.74) is 1.33. The second kappa shape index (κ2) is 4.16. The van der Waals surface area contributed by atoms with Crippen molar-refractivity contribution in [2.24, 2.45) is 5.41 Å². The highest BCUT2D eigenvalue weighted by Gasteiger charge is 2.54. The molecule has 20 heavy (non-hydrogen) atoms. The smallest absolute Gasteiger partial charge is 0.261 e. The minimum atomic E-state index is -0.0896. The van der Waals surface area contributed by atoms with E-state index in [4.69, 9.17) is 0 Å². The Hall–Kier alpha value is -1.68. The van der Waals surface area contributed by atoms with E-state index in [0.29, 0.717) is 11.1 Å². The van der Waals surface area contributed by atoms with Crippen LogP contribution in [0.3, 0.4) is 0 Å². The Balaban J connectivity index is 1.68. The predicted octanol–water partition coefficient (Wildman–Crippen LogP) is 1.81. The first kappa shape index (κ1) is 12.1. The molecule has 1 N–H and O–H groups in total. The monoisotopic (exact) mass is 270 g/mol. The van der Waals surface area contributed by atoms with E-state index in [0.717, 1.165) is 38.8 Å². The van der Waals surface area contributed by atoms with Gasteiger partial charge < -0.3 is 5.32 Å². The summed E-state index contributed by atoms with van der Waals surface area (Å²) in [5, 5.41) is 3.37. The first-order valence-electron chi connectivity index (χ1n) is 7.41. The van der Waals surface area contributed by atoms with Gasteiger partial charge in [-0.25, -0.2) is 0 Å². The van der Waals surface area contributed by atoms with Gasteiger partial charge in [0, 0.05) is 6.04 Å².